The zero-order valence-electron chi connectivity index (χ0n) is 12.1. The van der Waals surface area contributed by atoms with Crippen LogP contribution in [0.4, 0.5) is 0 Å². The minimum absolute atomic E-state index is 0.0105. The molecule has 2 aromatic rings. The molecule has 1 saturated carbocycles. The van der Waals surface area contributed by atoms with Crippen molar-refractivity contribution >= 4 is 11.8 Å². The van der Waals surface area contributed by atoms with Gasteiger partial charge in [-0.15, -0.1) is 11.8 Å². The van der Waals surface area contributed by atoms with Crippen molar-refractivity contribution in [3.05, 3.63) is 59.7 Å². The molecule has 3 rings (SSSR count). The van der Waals surface area contributed by atoms with Crippen molar-refractivity contribution in [2.75, 3.05) is 6.26 Å². The Kier molecular flexibility index (Phi) is 4.48. The molecule has 0 aliphatic heterocycles. The normalized spacial score (nSPS) is 15.7. The van der Waals surface area contributed by atoms with Crippen LogP contribution >= 0.6 is 11.8 Å². The second-order valence-corrected chi connectivity index (χ2v) is 6.08. The maximum Gasteiger partial charge on any atom is 0.119 e. The maximum absolute atomic E-state index is 5.80. The van der Waals surface area contributed by atoms with E-state index in [-0.39, 0.29) is 6.04 Å². The molecule has 0 heterocycles. The third-order valence-corrected chi connectivity index (χ3v) is 4.47. The minimum Gasteiger partial charge on any atom is -0.490 e. The predicted octanol–water partition coefficient (Wildman–Crippen LogP) is 3.50. The predicted molar refractivity (Wildman–Crippen MR) is 87.5 cm³/mol. The lowest BCUT2D eigenvalue weighted by Gasteiger charge is -2.20. The Morgan fingerprint density at radius 2 is 1.86 bits per heavy atom. The topological polar surface area (TPSA) is 47.3 Å². The molecule has 1 aliphatic rings. The molecule has 1 atom stereocenters. The summed E-state index contributed by atoms with van der Waals surface area (Å²) in [5.74, 6) is 6.74. The first-order valence-corrected chi connectivity index (χ1v) is 8.40. The third-order valence-electron chi connectivity index (χ3n) is 3.66. The third kappa shape index (κ3) is 3.40. The fraction of sp³-hybridized carbons (Fsp3) is 0.294. The number of nitrogens with one attached hydrogen (secondary N) is 1. The van der Waals surface area contributed by atoms with Crippen LogP contribution in [0, 0.1) is 0 Å². The fourth-order valence-electron chi connectivity index (χ4n) is 2.39. The quantitative estimate of drug-likeness (QED) is 0.487. The maximum atomic E-state index is 5.80. The average molecular weight is 300 g/mol. The first-order chi connectivity index (χ1) is 10.3. The van der Waals surface area contributed by atoms with Crippen molar-refractivity contribution in [2.24, 2.45) is 5.84 Å². The van der Waals surface area contributed by atoms with E-state index in [4.69, 9.17) is 10.6 Å². The summed E-state index contributed by atoms with van der Waals surface area (Å²) in [7, 11) is 0. The molecule has 0 bridgehead atoms. The number of ether oxygens (including phenoxy) is 1. The van der Waals surface area contributed by atoms with E-state index < -0.39 is 0 Å². The summed E-state index contributed by atoms with van der Waals surface area (Å²) in [4.78, 5) is 1.23. The van der Waals surface area contributed by atoms with Crippen LogP contribution in [0.15, 0.2) is 53.4 Å². The van der Waals surface area contributed by atoms with Gasteiger partial charge in [-0.1, -0.05) is 30.3 Å². The van der Waals surface area contributed by atoms with E-state index in [1.165, 1.54) is 23.3 Å². The lowest BCUT2D eigenvalue weighted by Crippen LogP contribution is -2.29. The summed E-state index contributed by atoms with van der Waals surface area (Å²) in [6.07, 6.45) is 4.86. The molecule has 1 fully saturated rings. The van der Waals surface area contributed by atoms with E-state index in [1.54, 1.807) is 11.8 Å². The van der Waals surface area contributed by atoms with Gasteiger partial charge in [-0.25, -0.2) is 5.43 Å². The van der Waals surface area contributed by atoms with Gasteiger partial charge in [0, 0.05) is 4.90 Å². The Labute approximate surface area is 129 Å². The number of rotatable bonds is 6. The van der Waals surface area contributed by atoms with Crippen molar-refractivity contribution < 1.29 is 4.74 Å². The number of hydrogen-bond donors (Lipinski definition) is 2. The summed E-state index contributed by atoms with van der Waals surface area (Å²) in [5.41, 5.74) is 5.27. The Balaban J connectivity index is 1.84. The fourth-order valence-corrected chi connectivity index (χ4v) is 3.02. The minimum atomic E-state index is -0.0105. The highest BCUT2D eigenvalue weighted by Gasteiger charge is 2.23. The molecule has 3 N–H and O–H groups in total. The first kappa shape index (κ1) is 14.4. The van der Waals surface area contributed by atoms with Gasteiger partial charge in [0.05, 0.1) is 12.1 Å². The first-order valence-electron chi connectivity index (χ1n) is 7.17. The van der Waals surface area contributed by atoms with Crippen LogP contribution in [0.1, 0.15) is 30.0 Å². The number of hydrazine groups is 1. The van der Waals surface area contributed by atoms with Crippen molar-refractivity contribution in [2.45, 2.75) is 29.9 Å². The highest BCUT2D eigenvalue weighted by molar-refractivity contribution is 7.98. The molecule has 21 heavy (non-hydrogen) atoms. The van der Waals surface area contributed by atoms with Gasteiger partial charge < -0.3 is 4.74 Å². The molecule has 0 aromatic heterocycles. The highest BCUT2D eigenvalue weighted by atomic mass is 32.2. The summed E-state index contributed by atoms with van der Waals surface area (Å²) in [6.45, 7) is 0. The number of hydrogen-bond acceptors (Lipinski definition) is 4. The standard InChI is InChI=1S/C17H20N2OS/c1-21-16-5-3-2-4-15(16)17(19-18)12-6-8-13(9-7-12)20-14-10-11-14/h2-9,14,17,19H,10-11,18H2,1H3. The van der Waals surface area contributed by atoms with Gasteiger partial charge in [0.15, 0.2) is 0 Å². The Morgan fingerprint density at radius 1 is 1.14 bits per heavy atom. The van der Waals surface area contributed by atoms with Gasteiger partial charge in [0.25, 0.3) is 0 Å². The Bertz CT molecular complexity index is 596. The van der Waals surface area contributed by atoms with E-state index in [0.29, 0.717) is 6.10 Å². The van der Waals surface area contributed by atoms with Gasteiger partial charge >= 0.3 is 0 Å². The Morgan fingerprint density at radius 3 is 2.48 bits per heavy atom. The van der Waals surface area contributed by atoms with Crippen LogP contribution in [0.5, 0.6) is 5.75 Å². The highest BCUT2D eigenvalue weighted by Crippen LogP contribution is 2.31. The summed E-state index contributed by atoms with van der Waals surface area (Å²) in [6, 6.07) is 16.5. The SMILES string of the molecule is CSc1ccccc1C(NN)c1ccc(OC2CC2)cc1. The van der Waals surface area contributed by atoms with Gasteiger partial charge in [-0.05, 0) is 48.4 Å². The average Bonchev–Trinajstić information content (AvgIpc) is 3.34. The van der Waals surface area contributed by atoms with Crippen LogP contribution in [0.2, 0.25) is 0 Å². The number of nitrogens with two attached hydrogens (primary N) is 1. The molecule has 0 saturated heterocycles. The molecule has 1 aliphatic carbocycles. The summed E-state index contributed by atoms with van der Waals surface area (Å²) in [5, 5.41) is 0. The van der Waals surface area contributed by atoms with Crippen LogP contribution in [-0.2, 0) is 0 Å². The largest absolute Gasteiger partial charge is 0.490 e. The van der Waals surface area contributed by atoms with E-state index in [2.05, 4.69) is 42.0 Å². The monoisotopic (exact) mass is 300 g/mol. The molecule has 0 amide bonds. The molecular weight excluding hydrogens is 280 g/mol. The molecule has 0 radical (unpaired) electrons. The van der Waals surface area contributed by atoms with E-state index in [9.17, 15) is 0 Å². The second-order valence-electron chi connectivity index (χ2n) is 5.23. The number of thioether (sulfide) groups is 1. The number of benzene rings is 2. The molecule has 3 nitrogen and oxygen atoms in total. The van der Waals surface area contributed by atoms with E-state index in [0.717, 1.165) is 11.3 Å². The van der Waals surface area contributed by atoms with Crippen LogP contribution in [-0.4, -0.2) is 12.4 Å². The lowest BCUT2D eigenvalue weighted by atomic mass is 9.99. The van der Waals surface area contributed by atoms with Crippen molar-refractivity contribution in [1.29, 1.82) is 0 Å². The van der Waals surface area contributed by atoms with Crippen LogP contribution in [0.3, 0.4) is 0 Å². The van der Waals surface area contributed by atoms with Gasteiger partial charge in [-0.2, -0.15) is 0 Å². The summed E-state index contributed by atoms with van der Waals surface area (Å²) < 4.78 is 5.79. The zero-order chi connectivity index (χ0) is 14.7. The molecule has 0 spiro atoms. The van der Waals surface area contributed by atoms with Crippen molar-refractivity contribution in [3.63, 3.8) is 0 Å². The molecule has 110 valence electrons. The van der Waals surface area contributed by atoms with Crippen molar-refractivity contribution in [3.8, 4) is 5.75 Å². The van der Waals surface area contributed by atoms with Crippen molar-refractivity contribution in [1.82, 2.24) is 5.43 Å². The van der Waals surface area contributed by atoms with Crippen LogP contribution < -0.4 is 16.0 Å². The smallest absolute Gasteiger partial charge is 0.119 e. The lowest BCUT2D eigenvalue weighted by molar-refractivity contribution is 0.303. The molecule has 1 unspecified atom stereocenters. The van der Waals surface area contributed by atoms with Crippen LogP contribution in [0.25, 0.3) is 0 Å². The summed E-state index contributed by atoms with van der Waals surface area (Å²) >= 11 is 1.73. The Hall–Kier alpha value is -1.49. The van der Waals surface area contributed by atoms with E-state index >= 15 is 0 Å². The van der Waals surface area contributed by atoms with E-state index in [1.807, 2.05) is 18.2 Å². The van der Waals surface area contributed by atoms with Gasteiger partial charge in [0.2, 0.25) is 0 Å². The molecular formula is C17H20N2OS. The van der Waals surface area contributed by atoms with Gasteiger partial charge in [-0.3, -0.25) is 5.84 Å². The van der Waals surface area contributed by atoms with Gasteiger partial charge in [0.1, 0.15) is 5.75 Å². The zero-order valence-corrected chi connectivity index (χ0v) is 12.9. The molecule has 4 heteroatoms. The second kappa shape index (κ2) is 6.52. The molecule has 2 aromatic carbocycles.